The van der Waals surface area contributed by atoms with Crippen molar-refractivity contribution in [1.82, 2.24) is 10.2 Å². The second-order valence-corrected chi connectivity index (χ2v) is 6.87. The second-order valence-electron chi connectivity index (χ2n) is 6.87. The highest BCUT2D eigenvalue weighted by molar-refractivity contribution is 14.0. The first-order valence-corrected chi connectivity index (χ1v) is 9.64. The first-order chi connectivity index (χ1) is 13.2. The molecule has 0 radical (unpaired) electrons. The molecule has 6 heteroatoms. The number of nitrogens with one attached hydrogen (secondary N) is 1. The summed E-state index contributed by atoms with van der Waals surface area (Å²) >= 11 is 0. The minimum absolute atomic E-state index is 0. The molecule has 150 valence electrons. The Bertz CT molecular complexity index is 779. The monoisotopic (exact) mass is 492 g/mol. The summed E-state index contributed by atoms with van der Waals surface area (Å²) in [4.78, 5) is 18.7. The summed E-state index contributed by atoms with van der Waals surface area (Å²) in [6, 6.07) is 18.6. The van der Waals surface area contributed by atoms with Crippen molar-refractivity contribution in [3.05, 3.63) is 71.3 Å². The third-order valence-corrected chi connectivity index (χ3v) is 4.88. The summed E-state index contributed by atoms with van der Waals surface area (Å²) in [5, 5.41) is 3.13. The number of fused-ring (bicyclic) bond motifs is 1. The van der Waals surface area contributed by atoms with Crippen LogP contribution in [0.5, 0.6) is 0 Å². The Morgan fingerprint density at radius 2 is 1.79 bits per heavy atom. The normalized spacial score (nSPS) is 13.4. The molecule has 0 aromatic heterocycles. The number of nitrogens with zero attached hydrogens (tertiary/aromatic N) is 2. The van der Waals surface area contributed by atoms with Gasteiger partial charge in [-0.25, -0.2) is 0 Å². The van der Waals surface area contributed by atoms with Gasteiger partial charge in [0.25, 0.3) is 0 Å². The van der Waals surface area contributed by atoms with E-state index in [-0.39, 0.29) is 29.9 Å². The largest absolute Gasteiger partial charge is 0.370 e. The van der Waals surface area contributed by atoms with E-state index in [1.807, 2.05) is 29.2 Å². The molecule has 0 aliphatic carbocycles. The summed E-state index contributed by atoms with van der Waals surface area (Å²) in [6.45, 7) is 2.86. The van der Waals surface area contributed by atoms with Crippen LogP contribution in [-0.4, -0.2) is 36.4 Å². The first kappa shape index (κ1) is 22.2. The summed E-state index contributed by atoms with van der Waals surface area (Å²) in [7, 11) is 0. The topological polar surface area (TPSA) is 70.7 Å². The van der Waals surface area contributed by atoms with Gasteiger partial charge in [-0.15, -0.1) is 24.0 Å². The molecule has 1 amide bonds. The van der Waals surface area contributed by atoms with Crippen molar-refractivity contribution in [3.63, 3.8) is 0 Å². The molecule has 5 nitrogen and oxygen atoms in total. The molecule has 3 N–H and O–H groups in total. The third-order valence-electron chi connectivity index (χ3n) is 4.88. The zero-order valence-electron chi connectivity index (χ0n) is 16.1. The summed E-state index contributed by atoms with van der Waals surface area (Å²) in [5.41, 5.74) is 9.79. The fourth-order valence-electron chi connectivity index (χ4n) is 3.33. The van der Waals surface area contributed by atoms with Crippen LogP contribution >= 0.6 is 24.0 Å². The lowest BCUT2D eigenvalue weighted by Crippen LogP contribution is -2.36. The Hall–Kier alpha value is -2.09. The Kier molecular flexibility index (Phi) is 9.27. The number of hydrogen-bond acceptors (Lipinski definition) is 2. The Labute approximate surface area is 184 Å². The highest BCUT2D eigenvalue weighted by atomic mass is 127. The lowest BCUT2D eigenvalue weighted by atomic mass is 9.99. The highest BCUT2D eigenvalue weighted by Crippen LogP contribution is 2.19. The lowest BCUT2D eigenvalue weighted by Gasteiger charge is -2.28. The van der Waals surface area contributed by atoms with Crippen LogP contribution in [0.25, 0.3) is 0 Å². The number of guanidine groups is 1. The van der Waals surface area contributed by atoms with E-state index >= 15 is 0 Å². The van der Waals surface area contributed by atoms with Crippen molar-refractivity contribution >= 4 is 35.8 Å². The number of benzene rings is 2. The van der Waals surface area contributed by atoms with Crippen molar-refractivity contribution in [2.24, 2.45) is 10.7 Å². The number of aliphatic imine (C=N–C) groups is 1. The van der Waals surface area contributed by atoms with E-state index in [0.29, 0.717) is 18.9 Å². The number of carbonyl (C=O) groups is 1. The van der Waals surface area contributed by atoms with Gasteiger partial charge in [-0.1, -0.05) is 54.6 Å². The number of rotatable bonds is 7. The van der Waals surface area contributed by atoms with Gasteiger partial charge in [0, 0.05) is 32.6 Å². The molecular formula is C22H29IN4O. The fourth-order valence-corrected chi connectivity index (χ4v) is 3.33. The van der Waals surface area contributed by atoms with Gasteiger partial charge in [-0.05, 0) is 36.0 Å². The molecule has 0 unspecified atom stereocenters. The molecule has 0 fully saturated rings. The van der Waals surface area contributed by atoms with Crippen molar-refractivity contribution in [1.29, 1.82) is 0 Å². The molecular weight excluding hydrogens is 463 g/mol. The van der Waals surface area contributed by atoms with E-state index in [0.717, 1.165) is 38.9 Å². The van der Waals surface area contributed by atoms with Crippen molar-refractivity contribution in [3.8, 4) is 0 Å². The molecule has 2 aromatic carbocycles. The van der Waals surface area contributed by atoms with Crippen LogP contribution in [0.2, 0.25) is 0 Å². The smallest absolute Gasteiger partial charge is 0.222 e. The minimum Gasteiger partial charge on any atom is -0.370 e. The maximum atomic E-state index is 12.4. The van der Waals surface area contributed by atoms with Gasteiger partial charge in [0.2, 0.25) is 5.91 Å². The van der Waals surface area contributed by atoms with E-state index in [1.54, 1.807) is 0 Å². The zero-order valence-corrected chi connectivity index (χ0v) is 18.5. The van der Waals surface area contributed by atoms with E-state index < -0.39 is 0 Å². The molecule has 28 heavy (non-hydrogen) atoms. The molecule has 1 aliphatic rings. The Morgan fingerprint density at radius 3 is 2.57 bits per heavy atom. The molecule has 3 rings (SSSR count). The predicted molar refractivity (Wildman–Crippen MR) is 125 cm³/mol. The Morgan fingerprint density at radius 1 is 1.07 bits per heavy atom. The highest BCUT2D eigenvalue weighted by Gasteiger charge is 2.19. The predicted octanol–water partition coefficient (Wildman–Crippen LogP) is 3.12. The lowest BCUT2D eigenvalue weighted by molar-refractivity contribution is -0.132. The number of halogens is 1. The van der Waals surface area contributed by atoms with E-state index in [1.165, 1.54) is 16.7 Å². The molecule has 1 aliphatic heterocycles. The molecule has 0 saturated carbocycles. The quantitative estimate of drug-likeness (QED) is 0.270. The van der Waals surface area contributed by atoms with Crippen LogP contribution in [-0.2, 0) is 24.2 Å². The minimum atomic E-state index is 0. The van der Waals surface area contributed by atoms with Gasteiger partial charge in [-0.2, -0.15) is 0 Å². The molecule has 1 heterocycles. The maximum Gasteiger partial charge on any atom is 0.222 e. The Balaban J connectivity index is 0.00000280. The van der Waals surface area contributed by atoms with Crippen LogP contribution in [0.3, 0.4) is 0 Å². The average molecular weight is 492 g/mol. The zero-order chi connectivity index (χ0) is 18.9. The number of carbonyl (C=O) groups excluding carboxylic acids is 1. The average Bonchev–Trinajstić information content (AvgIpc) is 2.71. The molecule has 0 spiro atoms. The van der Waals surface area contributed by atoms with Gasteiger partial charge in [0.05, 0.1) is 0 Å². The van der Waals surface area contributed by atoms with Crippen molar-refractivity contribution in [2.75, 3.05) is 19.6 Å². The molecule has 0 atom stereocenters. The van der Waals surface area contributed by atoms with E-state index in [9.17, 15) is 4.79 Å². The second kappa shape index (κ2) is 11.7. The third kappa shape index (κ3) is 6.82. The van der Waals surface area contributed by atoms with Crippen LogP contribution in [0.4, 0.5) is 0 Å². The van der Waals surface area contributed by atoms with Crippen LogP contribution in [0.1, 0.15) is 29.5 Å². The van der Waals surface area contributed by atoms with Gasteiger partial charge in [0.1, 0.15) is 0 Å². The molecule has 2 aromatic rings. The van der Waals surface area contributed by atoms with Gasteiger partial charge in [0.15, 0.2) is 5.96 Å². The van der Waals surface area contributed by atoms with Gasteiger partial charge in [-0.3, -0.25) is 9.79 Å². The number of nitrogens with two attached hydrogens (primary N) is 1. The number of hydrogen-bond donors (Lipinski definition) is 2. The SMILES string of the molecule is I.NC(=NCCCC(=O)N1CCc2ccccc2C1)NCCc1ccccc1. The van der Waals surface area contributed by atoms with Crippen molar-refractivity contribution < 1.29 is 4.79 Å². The number of amides is 1. The van der Waals surface area contributed by atoms with Gasteiger partial charge >= 0.3 is 0 Å². The fraction of sp³-hybridized carbons (Fsp3) is 0.364. The van der Waals surface area contributed by atoms with Crippen LogP contribution < -0.4 is 11.1 Å². The summed E-state index contributed by atoms with van der Waals surface area (Å²) in [6.07, 6.45) is 3.09. The first-order valence-electron chi connectivity index (χ1n) is 9.64. The molecule has 0 bridgehead atoms. The van der Waals surface area contributed by atoms with Crippen molar-refractivity contribution in [2.45, 2.75) is 32.2 Å². The van der Waals surface area contributed by atoms with E-state index in [4.69, 9.17) is 5.73 Å². The van der Waals surface area contributed by atoms with Gasteiger partial charge < -0.3 is 16.0 Å². The standard InChI is InChI=1S/C22H28N4O.HI/c23-22(25-15-12-18-7-2-1-3-8-18)24-14-6-11-21(27)26-16-13-19-9-4-5-10-20(19)17-26;/h1-5,7-10H,6,11-17H2,(H3,23,24,25);1H. The van der Waals surface area contributed by atoms with Crippen LogP contribution in [0, 0.1) is 0 Å². The molecule has 0 saturated heterocycles. The summed E-state index contributed by atoms with van der Waals surface area (Å²) in [5.74, 6) is 0.653. The maximum absolute atomic E-state index is 12.4. The van der Waals surface area contributed by atoms with Crippen LogP contribution in [0.15, 0.2) is 59.6 Å². The van der Waals surface area contributed by atoms with E-state index in [2.05, 4.69) is 40.6 Å². The summed E-state index contributed by atoms with van der Waals surface area (Å²) < 4.78 is 0.